The summed E-state index contributed by atoms with van der Waals surface area (Å²) in [6, 6.07) is 15.8. The van der Waals surface area contributed by atoms with E-state index >= 15 is 0 Å². The van der Waals surface area contributed by atoms with Crippen molar-refractivity contribution in [1.82, 2.24) is 0 Å². The van der Waals surface area contributed by atoms with Gasteiger partial charge in [-0.05, 0) is 42.0 Å². The van der Waals surface area contributed by atoms with Gasteiger partial charge in [0.05, 0.1) is 36.4 Å². The molecule has 0 radical (unpaired) electrons. The summed E-state index contributed by atoms with van der Waals surface area (Å²) in [5.41, 5.74) is 2.32. The highest BCUT2D eigenvalue weighted by atomic mass is 35.5. The highest BCUT2D eigenvalue weighted by Crippen LogP contribution is 2.45. The molecule has 3 aromatic rings. The van der Waals surface area contributed by atoms with Crippen LogP contribution in [0.2, 0.25) is 5.02 Å². The molecule has 0 spiro atoms. The van der Waals surface area contributed by atoms with E-state index in [4.69, 9.17) is 21.1 Å². The van der Waals surface area contributed by atoms with Gasteiger partial charge in [-0.15, -0.1) is 0 Å². The first-order chi connectivity index (χ1) is 18.6. The minimum atomic E-state index is -0.986. The molecule has 0 saturated carbocycles. The van der Waals surface area contributed by atoms with Crippen molar-refractivity contribution in [3.8, 4) is 11.5 Å². The Labute approximate surface area is 231 Å². The summed E-state index contributed by atoms with van der Waals surface area (Å²) in [7, 11) is 6.62. The number of nitrogens with one attached hydrogen (secondary N) is 1. The number of carbonyl (C=O) groups excluding carboxylic acids is 3. The Hall–Kier alpha value is -4.50. The van der Waals surface area contributed by atoms with Gasteiger partial charge in [-0.1, -0.05) is 29.8 Å². The summed E-state index contributed by atoms with van der Waals surface area (Å²) < 4.78 is 10.7. The number of aliphatic hydroxyl groups is 1. The summed E-state index contributed by atoms with van der Waals surface area (Å²) in [6.07, 6.45) is 0. The Morgan fingerprint density at radius 3 is 2.26 bits per heavy atom. The predicted octanol–water partition coefficient (Wildman–Crippen LogP) is 5.01. The SMILES string of the molecule is COc1cc(/C(O)=C2\C(=O)C(=O)N(c3cccc(NC(C)=O)c3)C2c2ccc(N(C)C)cc2)c(OC)cc1Cl. The van der Waals surface area contributed by atoms with E-state index in [9.17, 15) is 19.5 Å². The van der Waals surface area contributed by atoms with Gasteiger partial charge in [-0.3, -0.25) is 19.3 Å². The quantitative estimate of drug-likeness (QED) is 0.242. The number of methoxy groups -OCH3 is 2. The van der Waals surface area contributed by atoms with Gasteiger partial charge in [-0.2, -0.15) is 0 Å². The van der Waals surface area contributed by atoms with Crippen molar-refractivity contribution in [3.63, 3.8) is 0 Å². The van der Waals surface area contributed by atoms with Crippen molar-refractivity contribution in [1.29, 1.82) is 0 Å². The molecule has 4 rings (SSSR count). The Bertz CT molecular complexity index is 1480. The van der Waals surface area contributed by atoms with Crippen LogP contribution < -0.4 is 24.6 Å². The molecule has 0 bridgehead atoms. The Balaban J connectivity index is 1.97. The highest BCUT2D eigenvalue weighted by molar-refractivity contribution is 6.51. The van der Waals surface area contributed by atoms with Gasteiger partial charge in [0, 0.05) is 44.1 Å². The topological polar surface area (TPSA) is 108 Å². The summed E-state index contributed by atoms with van der Waals surface area (Å²) >= 11 is 6.25. The second-order valence-corrected chi connectivity index (χ2v) is 9.48. The van der Waals surface area contributed by atoms with Crippen LogP contribution in [0.3, 0.4) is 0 Å². The number of hydrogen-bond donors (Lipinski definition) is 2. The number of aliphatic hydroxyl groups excluding tert-OH is 1. The molecule has 1 aliphatic rings. The standard InChI is InChI=1S/C29H28ClN3O6/c1-16(34)31-18-7-6-8-20(13-18)33-26(17-9-11-19(12-10-17)32(2)3)25(28(36)29(33)37)27(35)21-14-24(39-5)22(30)15-23(21)38-4/h6-15,26,35H,1-5H3,(H,31,34)/b27-25+. The van der Waals surface area contributed by atoms with Crippen LogP contribution in [0.4, 0.5) is 17.1 Å². The molecule has 0 aromatic heterocycles. The largest absolute Gasteiger partial charge is 0.507 e. The Morgan fingerprint density at radius 1 is 1.00 bits per heavy atom. The molecule has 1 heterocycles. The van der Waals surface area contributed by atoms with Crippen molar-refractivity contribution < 1.29 is 29.0 Å². The van der Waals surface area contributed by atoms with Crippen LogP contribution in [-0.4, -0.2) is 51.0 Å². The molecule has 1 unspecified atom stereocenters. The minimum absolute atomic E-state index is 0.134. The fraction of sp³-hybridized carbons (Fsp3) is 0.207. The third kappa shape index (κ3) is 5.26. The number of ketones is 1. The molecule has 2 N–H and O–H groups in total. The molecule has 3 aromatic carbocycles. The molecule has 202 valence electrons. The van der Waals surface area contributed by atoms with E-state index in [2.05, 4.69) is 5.32 Å². The van der Waals surface area contributed by atoms with Crippen molar-refractivity contribution in [3.05, 3.63) is 82.4 Å². The van der Waals surface area contributed by atoms with Gasteiger partial charge in [0.1, 0.15) is 17.3 Å². The molecular weight excluding hydrogens is 522 g/mol. The first kappa shape index (κ1) is 27.5. The Morgan fingerprint density at radius 2 is 1.67 bits per heavy atom. The van der Waals surface area contributed by atoms with Crippen LogP contribution >= 0.6 is 11.6 Å². The third-order valence-corrected chi connectivity index (χ3v) is 6.64. The smallest absolute Gasteiger partial charge is 0.300 e. The van der Waals surface area contributed by atoms with Gasteiger partial charge in [0.25, 0.3) is 11.7 Å². The molecule has 1 fully saturated rings. The third-order valence-electron chi connectivity index (χ3n) is 6.34. The number of benzene rings is 3. The van der Waals surface area contributed by atoms with Crippen LogP contribution in [0.25, 0.3) is 5.76 Å². The number of hydrogen-bond acceptors (Lipinski definition) is 7. The van der Waals surface area contributed by atoms with Crippen LogP contribution in [0.15, 0.2) is 66.2 Å². The van der Waals surface area contributed by atoms with Gasteiger partial charge >= 0.3 is 0 Å². The van der Waals surface area contributed by atoms with Crippen molar-refractivity contribution in [2.75, 3.05) is 43.4 Å². The molecule has 39 heavy (non-hydrogen) atoms. The van der Waals surface area contributed by atoms with E-state index < -0.39 is 23.5 Å². The first-order valence-electron chi connectivity index (χ1n) is 11.9. The summed E-state index contributed by atoms with van der Waals surface area (Å²) in [4.78, 5) is 42.0. The first-order valence-corrected chi connectivity index (χ1v) is 12.3. The van der Waals surface area contributed by atoms with Crippen LogP contribution in [0, 0.1) is 0 Å². The van der Waals surface area contributed by atoms with E-state index in [1.807, 2.05) is 31.1 Å². The van der Waals surface area contributed by atoms with E-state index in [-0.39, 0.29) is 33.6 Å². The van der Waals surface area contributed by atoms with E-state index in [0.717, 1.165) is 5.69 Å². The molecule has 1 aliphatic heterocycles. The lowest BCUT2D eigenvalue weighted by Crippen LogP contribution is -2.29. The van der Waals surface area contributed by atoms with Gasteiger partial charge in [0.15, 0.2) is 0 Å². The summed E-state index contributed by atoms with van der Waals surface area (Å²) in [6.45, 7) is 1.37. The maximum Gasteiger partial charge on any atom is 0.300 e. The second-order valence-electron chi connectivity index (χ2n) is 9.07. The maximum absolute atomic E-state index is 13.6. The summed E-state index contributed by atoms with van der Waals surface area (Å²) in [5.74, 6) is -1.99. The lowest BCUT2D eigenvalue weighted by molar-refractivity contribution is -0.132. The second kappa shape index (κ2) is 11.1. The number of halogens is 1. The lowest BCUT2D eigenvalue weighted by Gasteiger charge is -2.26. The molecule has 10 heteroatoms. The number of rotatable bonds is 7. The van der Waals surface area contributed by atoms with Gasteiger partial charge in [0.2, 0.25) is 5.91 Å². The number of nitrogens with zero attached hydrogens (tertiary/aromatic N) is 2. The number of Topliss-reactive ketones (excluding diaryl/α,β-unsaturated/α-hetero) is 1. The van der Waals surface area contributed by atoms with Gasteiger partial charge < -0.3 is 24.8 Å². The molecule has 2 amide bonds. The fourth-order valence-corrected chi connectivity index (χ4v) is 4.73. The zero-order valence-corrected chi connectivity index (χ0v) is 22.9. The summed E-state index contributed by atoms with van der Waals surface area (Å²) in [5, 5.41) is 14.5. The lowest BCUT2D eigenvalue weighted by atomic mass is 9.94. The molecular formula is C29H28ClN3O6. The van der Waals surface area contributed by atoms with E-state index in [1.165, 1.54) is 38.2 Å². The van der Waals surface area contributed by atoms with E-state index in [0.29, 0.717) is 16.9 Å². The number of ether oxygens (including phenoxy) is 2. The monoisotopic (exact) mass is 549 g/mol. The van der Waals surface area contributed by atoms with Gasteiger partial charge in [-0.25, -0.2) is 0 Å². The highest BCUT2D eigenvalue weighted by Gasteiger charge is 2.47. The molecule has 9 nitrogen and oxygen atoms in total. The zero-order chi connectivity index (χ0) is 28.4. The molecule has 1 atom stereocenters. The fourth-order valence-electron chi connectivity index (χ4n) is 4.50. The minimum Gasteiger partial charge on any atom is -0.507 e. The van der Waals surface area contributed by atoms with Crippen molar-refractivity contribution >= 4 is 52.0 Å². The Kier molecular flexibility index (Phi) is 7.83. The molecule has 0 aliphatic carbocycles. The van der Waals surface area contributed by atoms with Crippen LogP contribution in [0.5, 0.6) is 11.5 Å². The van der Waals surface area contributed by atoms with Crippen molar-refractivity contribution in [2.45, 2.75) is 13.0 Å². The number of anilines is 3. The molecule has 1 saturated heterocycles. The number of amides is 2. The predicted molar refractivity (Wildman–Crippen MR) is 151 cm³/mol. The normalized spacial score (nSPS) is 16.3. The number of carbonyl (C=O) groups is 3. The van der Waals surface area contributed by atoms with Crippen LogP contribution in [-0.2, 0) is 14.4 Å². The average molecular weight is 550 g/mol. The van der Waals surface area contributed by atoms with Crippen molar-refractivity contribution in [2.24, 2.45) is 0 Å². The van der Waals surface area contributed by atoms with E-state index in [1.54, 1.807) is 36.4 Å². The average Bonchev–Trinajstić information content (AvgIpc) is 3.18. The van der Waals surface area contributed by atoms with Crippen LogP contribution in [0.1, 0.15) is 24.1 Å². The zero-order valence-electron chi connectivity index (χ0n) is 22.1. The maximum atomic E-state index is 13.6.